The van der Waals surface area contributed by atoms with Crippen molar-refractivity contribution in [2.24, 2.45) is 0 Å². The SMILES string of the molecule is CC(C)=CC1(O)CC2CCCC(C1)N2C(=O)OC(C)(C)C. The third-order valence-electron chi connectivity index (χ3n) is 4.20. The minimum absolute atomic E-state index is 0.0907. The summed E-state index contributed by atoms with van der Waals surface area (Å²) in [5.41, 5.74) is -0.118. The van der Waals surface area contributed by atoms with Gasteiger partial charge in [0.25, 0.3) is 0 Å². The summed E-state index contributed by atoms with van der Waals surface area (Å²) in [6.07, 6.45) is 6.01. The van der Waals surface area contributed by atoms with Crippen LogP contribution < -0.4 is 0 Å². The number of hydrogen-bond acceptors (Lipinski definition) is 3. The van der Waals surface area contributed by atoms with Gasteiger partial charge >= 0.3 is 6.09 Å². The van der Waals surface area contributed by atoms with E-state index in [1.54, 1.807) is 0 Å². The van der Waals surface area contributed by atoms with E-state index in [0.29, 0.717) is 12.8 Å². The quantitative estimate of drug-likeness (QED) is 0.751. The van der Waals surface area contributed by atoms with E-state index in [-0.39, 0.29) is 18.2 Å². The summed E-state index contributed by atoms with van der Waals surface area (Å²) in [5.74, 6) is 0. The molecule has 1 N–H and O–H groups in total. The predicted molar refractivity (Wildman–Crippen MR) is 83.1 cm³/mol. The normalized spacial score (nSPS) is 32.6. The molecule has 0 aromatic heterocycles. The molecule has 4 heteroatoms. The number of aliphatic hydroxyl groups is 1. The van der Waals surface area contributed by atoms with Gasteiger partial charge in [0.05, 0.1) is 5.60 Å². The van der Waals surface area contributed by atoms with Crippen LogP contribution in [0.25, 0.3) is 0 Å². The maximum absolute atomic E-state index is 12.5. The van der Waals surface area contributed by atoms with Crippen LogP contribution in [0.15, 0.2) is 11.6 Å². The van der Waals surface area contributed by atoms with Crippen LogP contribution >= 0.6 is 0 Å². The van der Waals surface area contributed by atoms with E-state index in [1.165, 1.54) is 0 Å². The molecule has 0 aromatic rings. The number of rotatable bonds is 1. The average Bonchev–Trinajstić information content (AvgIpc) is 2.22. The standard InChI is InChI=1S/C17H29NO3/c1-12(2)9-17(20)10-13-7-6-8-14(11-17)18(13)15(19)21-16(3,4)5/h9,13-14,20H,6-8,10-11H2,1-5H3. The zero-order chi connectivity index (χ0) is 15.8. The van der Waals surface area contributed by atoms with Crippen molar-refractivity contribution in [1.82, 2.24) is 4.90 Å². The first-order valence-corrected chi connectivity index (χ1v) is 7.99. The van der Waals surface area contributed by atoms with Crippen molar-refractivity contribution >= 4 is 6.09 Å². The van der Waals surface area contributed by atoms with E-state index in [2.05, 4.69) is 0 Å². The molecule has 4 nitrogen and oxygen atoms in total. The Bertz CT molecular complexity index is 418. The highest BCUT2D eigenvalue weighted by Crippen LogP contribution is 2.40. The molecule has 120 valence electrons. The van der Waals surface area contributed by atoms with Gasteiger partial charge in [0.1, 0.15) is 5.60 Å². The Kier molecular flexibility index (Phi) is 4.39. The highest BCUT2D eigenvalue weighted by Gasteiger charge is 2.47. The van der Waals surface area contributed by atoms with E-state index in [4.69, 9.17) is 4.74 Å². The van der Waals surface area contributed by atoms with Gasteiger partial charge in [-0.3, -0.25) is 0 Å². The van der Waals surface area contributed by atoms with E-state index >= 15 is 0 Å². The monoisotopic (exact) mass is 295 g/mol. The lowest BCUT2D eigenvalue weighted by molar-refractivity contribution is -0.0714. The van der Waals surface area contributed by atoms with Gasteiger partial charge in [-0.15, -0.1) is 0 Å². The van der Waals surface area contributed by atoms with Gasteiger partial charge in [-0.25, -0.2) is 4.79 Å². The lowest BCUT2D eigenvalue weighted by Gasteiger charge is -2.51. The molecule has 2 rings (SSSR count). The third-order valence-corrected chi connectivity index (χ3v) is 4.20. The van der Waals surface area contributed by atoms with Crippen molar-refractivity contribution in [2.45, 2.75) is 90.0 Å². The second-order valence-corrected chi connectivity index (χ2v) is 7.86. The van der Waals surface area contributed by atoms with Crippen LogP contribution in [0.4, 0.5) is 4.79 Å². The number of hydrogen-bond donors (Lipinski definition) is 1. The third kappa shape index (κ3) is 4.00. The molecule has 2 fully saturated rings. The second kappa shape index (κ2) is 5.64. The summed E-state index contributed by atoms with van der Waals surface area (Å²) in [4.78, 5) is 14.4. The number of amides is 1. The number of ether oxygens (including phenoxy) is 1. The number of piperidine rings is 2. The molecule has 1 amide bonds. The summed E-state index contributed by atoms with van der Waals surface area (Å²) in [6.45, 7) is 9.69. The smallest absolute Gasteiger partial charge is 0.410 e. The van der Waals surface area contributed by atoms with Gasteiger partial charge in [-0.1, -0.05) is 11.6 Å². The van der Waals surface area contributed by atoms with Crippen molar-refractivity contribution in [3.63, 3.8) is 0 Å². The molecule has 2 atom stereocenters. The fourth-order valence-corrected chi connectivity index (χ4v) is 3.73. The molecule has 2 aliphatic rings. The summed E-state index contributed by atoms with van der Waals surface area (Å²) >= 11 is 0. The van der Waals surface area contributed by atoms with Gasteiger partial charge in [-0.05, 0) is 53.9 Å². The van der Waals surface area contributed by atoms with Crippen LogP contribution in [0.3, 0.4) is 0 Å². The van der Waals surface area contributed by atoms with Crippen LogP contribution in [0.5, 0.6) is 0 Å². The predicted octanol–water partition coefficient (Wildman–Crippen LogP) is 3.64. The van der Waals surface area contributed by atoms with E-state index in [9.17, 15) is 9.90 Å². The summed E-state index contributed by atoms with van der Waals surface area (Å²) < 4.78 is 5.55. The topological polar surface area (TPSA) is 49.8 Å². The molecule has 0 radical (unpaired) electrons. The van der Waals surface area contributed by atoms with Crippen LogP contribution in [-0.2, 0) is 4.74 Å². The Hall–Kier alpha value is -1.03. The fourth-order valence-electron chi connectivity index (χ4n) is 3.73. The van der Waals surface area contributed by atoms with Crippen molar-refractivity contribution in [2.75, 3.05) is 0 Å². The molecule has 21 heavy (non-hydrogen) atoms. The molecule has 2 aliphatic heterocycles. The number of carbonyl (C=O) groups is 1. The van der Waals surface area contributed by atoms with Gasteiger partial charge in [0, 0.05) is 24.9 Å². The zero-order valence-electron chi connectivity index (χ0n) is 14.0. The maximum atomic E-state index is 12.5. The molecule has 2 bridgehead atoms. The van der Waals surface area contributed by atoms with Gasteiger partial charge < -0.3 is 14.7 Å². The van der Waals surface area contributed by atoms with Crippen LogP contribution in [0, 0.1) is 0 Å². The van der Waals surface area contributed by atoms with E-state index in [1.807, 2.05) is 45.6 Å². The molecule has 0 saturated carbocycles. The number of fused-ring (bicyclic) bond motifs is 2. The largest absolute Gasteiger partial charge is 0.444 e. The molecule has 2 heterocycles. The van der Waals surface area contributed by atoms with Crippen LogP contribution in [-0.4, -0.2) is 39.4 Å². The van der Waals surface area contributed by atoms with Crippen LogP contribution in [0.2, 0.25) is 0 Å². The Morgan fingerprint density at radius 2 is 1.76 bits per heavy atom. The molecule has 0 aromatic carbocycles. The van der Waals surface area contributed by atoms with Crippen molar-refractivity contribution < 1.29 is 14.6 Å². The molecule has 2 saturated heterocycles. The number of carbonyl (C=O) groups excluding carboxylic acids is 1. The van der Waals surface area contributed by atoms with E-state index < -0.39 is 11.2 Å². The Morgan fingerprint density at radius 1 is 1.24 bits per heavy atom. The van der Waals surface area contributed by atoms with Crippen molar-refractivity contribution in [3.05, 3.63) is 11.6 Å². The highest BCUT2D eigenvalue weighted by atomic mass is 16.6. The molecule has 2 unspecified atom stereocenters. The Morgan fingerprint density at radius 3 is 2.19 bits per heavy atom. The molecular weight excluding hydrogens is 266 g/mol. The first-order valence-electron chi connectivity index (χ1n) is 7.99. The zero-order valence-corrected chi connectivity index (χ0v) is 14.0. The Labute approximate surface area is 128 Å². The molecular formula is C17H29NO3. The lowest BCUT2D eigenvalue weighted by atomic mass is 9.75. The van der Waals surface area contributed by atoms with Crippen molar-refractivity contribution in [3.8, 4) is 0 Å². The van der Waals surface area contributed by atoms with Gasteiger partial charge in [0.2, 0.25) is 0 Å². The first-order chi connectivity index (χ1) is 9.60. The summed E-state index contributed by atoms with van der Waals surface area (Å²) in [6, 6.07) is 0.181. The first kappa shape index (κ1) is 16.3. The minimum Gasteiger partial charge on any atom is -0.444 e. The minimum atomic E-state index is -0.771. The van der Waals surface area contributed by atoms with Crippen molar-refractivity contribution in [1.29, 1.82) is 0 Å². The maximum Gasteiger partial charge on any atom is 0.410 e. The molecule has 0 spiro atoms. The Balaban J connectivity index is 2.17. The summed E-state index contributed by atoms with van der Waals surface area (Å²) in [5, 5.41) is 10.8. The van der Waals surface area contributed by atoms with E-state index in [0.717, 1.165) is 24.8 Å². The number of nitrogens with zero attached hydrogens (tertiary/aromatic N) is 1. The fraction of sp³-hybridized carbons (Fsp3) is 0.824. The average molecular weight is 295 g/mol. The second-order valence-electron chi connectivity index (χ2n) is 7.86. The highest BCUT2D eigenvalue weighted by molar-refractivity contribution is 5.69. The molecule has 0 aliphatic carbocycles. The summed E-state index contributed by atoms with van der Waals surface area (Å²) in [7, 11) is 0. The van der Waals surface area contributed by atoms with Gasteiger partial charge in [0.15, 0.2) is 0 Å². The number of allylic oxidation sites excluding steroid dienone is 1. The van der Waals surface area contributed by atoms with Gasteiger partial charge in [-0.2, -0.15) is 0 Å². The van der Waals surface area contributed by atoms with Crippen LogP contribution in [0.1, 0.15) is 66.7 Å². The lowest BCUT2D eigenvalue weighted by Crippen LogP contribution is -2.60.